The Morgan fingerprint density at radius 3 is 1.60 bits per heavy atom. The van der Waals surface area contributed by atoms with Crippen molar-refractivity contribution in [1.29, 1.82) is 0 Å². The van der Waals surface area contributed by atoms with E-state index in [9.17, 15) is 19.2 Å². The Labute approximate surface area is 241 Å². The molecule has 2 bridgehead atoms. The number of carbonyl (C=O) groups excluding carboxylic acids is 4. The van der Waals surface area contributed by atoms with Crippen molar-refractivity contribution in [1.82, 2.24) is 4.90 Å². The summed E-state index contributed by atoms with van der Waals surface area (Å²) in [6.07, 6.45) is 0. The fourth-order valence-corrected chi connectivity index (χ4v) is 7.80. The number of nitrogens with one attached hydrogen (secondary N) is 1. The van der Waals surface area contributed by atoms with Gasteiger partial charge in [0.15, 0.2) is 0 Å². The third kappa shape index (κ3) is 3.37. The normalized spacial score (nSPS) is 26.7. The second kappa shape index (κ2) is 9.18. The molecule has 0 aromatic heterocycles. The number of hydrogen-bond acceptors (Lipinski definition) is 5. The Hall–Kier alpha value is -3.68. The lowest BCUT2D eigenvalue weighted by molar-refractivity contribution is -0.148. The average molecular weight is 577 g/mol. The van der Waals surface area contributed by atoms with E-state index in [0.717, 1.165) is 4.90 Å². The van der Waals surface area contributed by atoms with Crippen molar-refractivity contribution < 1.29 is 23.9 Å². The number of imide groups is 1. The Morgan fingerprint density at radius 1 is 0.800 bits per heavy atom. The third-order valence-corrected chi connectivity index (χ3v) is 9.66. The summed E-state index contributed by atoms with van der Waals surface area (Å²) in [5, 5.41) is 2.80. The van der Waals surface area contributed by atoms with Gasteiger partial charge in [0.2, 0.25) is 17.7 Å². The number of benzene rings is 3. The Morgan fingerprint density at radius 2 is 1.23 bits per heavy atom. The topological polar surface area (TPSA) is 92.8 Å². The summed E-state index contributed by atoms with van der Waals surface area (Å²) in [6, 6.07) is 19.9. The average Bonchev–Trinajstić information content (AvgIpc) is 3.22. The fraction of sp³-hybridized carbons (Fsp3) is 0.290. The minimum Gasteiger partial charge on any atom is -0.465 e. The lowest BCUT2D eigenvalue weighted by atomic mass is 9.54. The van der Waals surface area contributed by atoms with Gasteiger partial charge >= 0.3 is 5.97 Å². The Balaban J connectivity index is 1.41. The molecule has 3 aromatic rings. The van der Waals surface area contributed by atoms with Crippen molar-refractivity contribution in [2.45, 2.75) is 29.6 Å². The van der Waals surface area contributed by atoms with E-state index in [-0.39, 0.29) is 0 Å². The van der Waals surface area contributed by atoms with E-state index in [2.05, 4.69) is 5.32 Å². The van der Waals surface area contributed by atoms with Gasteiger partial charge in [-0.3, -0.25) is 19.3 Å². The van der Waals surface area contributed by atoms with Crippen LogP contribution in [0.3, 0.4) is 0 Å². The highest BCUT2D eigenvalue weighted by atomic mass is 35.5. The summed E-state index contributed by atoms with van der Waals surface area (Å²) >= 11 is 15.0. The molecule has 7 rings (SSSR count). The molecule has 1 fully saturated rings. The van der Waals surface area contributed by atoms with E-state index < -0.39 is 57.2 Å². The quantitative estimate of drug-likeness (QED) is 0.261. The molecule has 4 aliphatic rings. The number of halogens is 2. The number of carbonyl (C=O) groups is 4. The van der Waals surface area contributed by atoms with E-state index in [1.54, 1.807) is 26.0 Å². The molecule has 3 aromatic carbocycles. The van der Waals surface area contributed by atoms with Crippen LogP contribution in [0.25, 0.3) is 0 Å². The lowest BCUT2D eigenvalue weighted by Gasteiger charge is -2.54. The molecule has 0 saturated carbocycles. The van der Waals surface area contributed by atoms with Gasteiger partial charge in [-0.1, -0.05) is 62.4 Å². The monoisotopic (exact) mass is 576 g/mol. The molecule has 9 heteroatoms. The number of nitrogens with zero attached hydrogens (tertiary/aromatic N) is 1. The van der Waals surface area contributed by atoms with Gasteiger partial charge in [0.25, 0.3) is 0 Å². The van der Waals surface area contributed by atoms with Crippen LogP contribution >= 0.6 is 23.2 Å². The summed E-state index contributed by atoms with van der Waals surface area (Å²) in [5.74, 6) is -4.47. The van der Waals surface area contributed by atoms with Crippen LogP contribution in [-0.2, 0) is 28.9 Å². The number of esters is 1. The molecular weight excluding hydrogens is 551 g/mol. The summed E-state index contributed by atoms with van der Waals surface area (Å²) in [5.41, 5.74) is 3.53. The highest BCUT2D eigenvalue weighted by Gasteiger charge is 2.73. The second-order valence-electron chi connectivity index (χ2n) is 10.8. The van der Waals surface area contributed by atoms with Crippen molar-refractivity contribution in [3.8, 4) is 0 Å². The second-order valence-corrected chi connectivity index (χ2v) is 12.0. The first-order chi connectivity index (χ1) is 19.1. The fourth-order valence-electron chi connectivity index (χ4n) is 6.70. The number of anilines is 1. The van der Waals surface area contributed by atoms with Gasteiger partial charge in [-0.25, -0.2) is 4.79 Å². The highest BCUT2D eigenvalue weighted by molar-refractivity contribution is 6.36. The molecule has 1 saturated heterocycles. The maximum atomic E-state index is 14.3. The van der Waals surface area contributed by atoms with Gasteiger partial charge in [-0.2, -0.15) is 0 Å². The van der Waals surface area contributed by atoms with Gasteiger partial charge in [-0.05, 0) is 52.4 Å². The molecule has 0 unspecified atom stereocenters. The van der Waals surface area contributed by atoms with Crippen molar-refractivity contribution >= 4 is 52.6 Å². The maximum absolute atomic E-state index is 14.3. The summed E-state index contributed by atoms with van der Waals surface area (Å²) in [4.78, 5) is 52.5. The number of rotatable bonds is 5. The molecule has 3 atom stereocenters. The third-order valence-electron chi connectivity index (χ3n) is 8.37. The number of ether oxygens (including phenoxy) is 1. The van der Waals surface area contributed by atoms with Crippen LogP contribution in [-0.4, -0.2) is 41.7 Å². The minimum atomic E-state index is -1.32. The molecule has 7 nitrogen and oxygen atoms in total. The van der Waals surface area contributed by atoms with Crippen LogP contribution < -0.4 is 5.32 Å². The molecule has 3 amide bonds. The molecule has 1 heterocycles. The first-order valence-corrected chi connectivity index (χ1v) is 13.8. The Kier molecular flexibility index (Phi) is 6.09. The number of methoxy groups -OCH3 is 1. The van der Waals surface area contributed by atoms with Gasteiger partial charge in [-0.15, -0.1) is 23.2 Å². The molecule has 3 aliphatic carbocycles. The number of hydrogen-bond donors (Lipinski definition) is 1. The number of amides is 3. The van der Waals surface area contributed by atoms with Crippen LogP contribution in [0.1, 0.15) is 46.5 Å². The Bertz CT molecular complexity index is 1460. The molecule has 1 aliphatic heterocycles. The zero-order valence-electron chi connectivity index (χ0n) is 22.0. The molecule has 0 radical (unpaired) electrons. The molecule has 204 valence electrons. The van der Waals surface area contributed by atoms with Crippen LogP contribution in [0, 0.1) is 17.8 Å². The summed E-state index contributed by atoms with van der Waals surface area (Å²) in [7, 11) is 1.28. The van der Waals surface area contributed by atoms with E-state index in [4.69, 9.17) is 27.9 Å². The molecular formula is C31H26Cl2N2O5. The van der Waals surface area contributed by atoms with Crippen LogP contribution in [0.15, 0.2) is 72.8 Å². The maximum Gasteiger partial charge on any atom is 0.337 e. The first kappa shape index (κ1) is 26.5. The van der Waals surface area contributed by atoms with Gasteiger partial charge in [0.1, 0.15) is 15.8 Å². The van der Waals surface area contributed by atoms with Crippen molar-refractivity contribution in [2.75, 3.05) is 12.4 Å². The highest BCUT2D eigenvalue weighted by Crippen LogP contribution is 2.69. The largest absolute Gasteiger partial charge is 0.465 e. The van der Waals surface area contributed by atoms with E-state index >= 15 is 0 Å². The molecule has 1 N–H and O–H groups in total. The van der Waals surface area contributed by atoms with Gasteiger partial charge < -0.3 is 10.1 Å². The van der Waals surface area contributed by atoms with Crippen LogP contribution in [0.2, 0.25) is 0 Å². The van der Waals surface area contributed by atoms with Crippen LogP contribution in [0.4, 0.5) is 5.69 Å². The van der Waals surface area contributed by atoms with Gasteiger partial charge in [0.05, 0.1) is 24.5 Å². The zero-order valence-corrected chi connectivity index (χ0v) is 23.5. The first-order valence-electron chi connectivity index (χ1n) is 13.0. The lowest BCUT2D eigenvalue weighted by Crippen LogP contribution is -2.57. The SMILES string of the molecule is COC(=O)c1ccc(NC(=O)[C@H](C(C)C)N2C(=O)[C@@H]3[C@H](C2=O)C2(Cl)c4ccccc4C3(Cl)c3ccccc32)cc1. The van der Waals surface area contributed by atoms with E-state index in [0.29, 0.717) is 33.5 Å². The van der Waals surface area contributed by atoms with E-state index in [1.807, 2.05) is 48.5 Å². The molecule has 40 heavy (non-hydrogen) atoms. The van der Waals surface area contributed by atoms with Gasteiger partial charge in [0, 0.05) is 5.69 Å². The number of alkyl halides is 2. The van der Waals surface area contributed by atoms with E-state index in [1.165, 1.54) is 19.2 Å². The predicted octanol–water partition coefficient (Wildman–Crippen LogP) is 5.03. The van der Waals surface area contributed by atoms with Crippen molar-refractivity contribution in [3.05, 3.63) is 101 Å². The summed E-state index contributed by atoms with van der Waals surface area (Å²) < 4.78 is 4.72. The number of likely N-dealkylation sites (tertiary alicyclic amines) is 1. The summed E-state index contributed by atoms with van der Waals surface area (Å²) in [6.45, 7) is 3.55. The van der Waals surface area contributed by atoms with Crippen molar-refractivity contribution in [3.63, 3.8) is 0 Å². The van der Waals surface area contributed by atoms with Crippen molar-refractivity contribution in [2.24, 2.45) is 17.8 Å². The zero-order chi connectivity index (χ0) is 28.6. The smallest absolute Gasteiger partial charge is 0.337 e. The standard InChI is InChI=1S/C31H26Cl2N2O5/c1-16(2)25(26(36)34-18-14-12-17(13-15-18)29(39)40-3)35-27(37)23-24(28(35)38)31(33)20-9-5-4-8-19(20)30(23,32)21-10-6-7-11-22(21)31/h4-16,23-25H,1-3H3,(H,34,36)/t23-,24+,25-,30?,31?/m0/s1. The van der Waals surface area contributed by atoms with Crippen LogP contribution in [0.5, 0.6) is 0 Å². The predicted molar refractivity (Wildman–Crippen MR) is 150 cm³/mol. The molecule has 0 spiro atoms. The minimum absolute atomic E-state index is 0.323.